The number of pyridine rings is 1. The van der Waals surface area contributed by atoms with E-state index in [0.717, 1.165) is 36.8 Å². The van der Waals surface area contributed by atoms with Gasteiger partial charge in [0.05, 0.1) is 0 Å². The van der Waals surface area contributed by atoms with Gasteiger partial charge in [-0.05, 0) is 118 Å². The van der Waals surface area contributed by atoms with Crippen LogP contribution in [0.2, 0.25) is 0 Å². The average molecular weight is 464 g/mol. The van der Waals surface area contributed by atoms with Crippen molar-refractivity contribution < 1.29 is 4.79 Å². The van der Waals surface area contributed by atoms with Gasteiger partial charge in [0.1, 0.15) is 0 Å². The topological polar surface area (TPSA) is 36.4 Å². The van der Waals surface area contributed by atoms with Crippen molar-refractivity contribution in [2.24, 2.45) is 35.5 Å². The molecule has 4 nitrogen and oxygen atoms in total. The highest BCUT2D eigenvalue weighted by Crippen LogP contribution is 2.49. The number of hydrogen-bond acceptors (Lipinski definition) is 3. The number of hydrogen-bond donors (Lipinski definition) is 0. The second-order valence-corrected chi connectivity index (χ2v) is 13.1. The van der Waals surface area contributed by atoms with Gasteiger partial charge in [-0.3, -0.25) is 9.78 Å². The summed E-state index contributed by atoms with van der Waals surface area (Å²) < 4.78 is 0. The van der Waals surface area contributed by atoms with E-state index in [2.05, 4.69) is 42.8 Å². The van der Waals surface area contributed by atoms with Gasteiger partial charge in [-0.25, -0.2) is 0 Å². The van der Waals surface area contributed by atoms with Crippen LogP contribution in [0.4, 0.5) is 0 Å². The van der Waals surface area contributed by atoms with E-state index in [-0.39, 0.29) is 5.91 Å². The maximum Gasteiger partial charge on any atom is 0.219 e. The molecule has 0 N–H and O–H groups in total. The van der Waals surface area contributed by atoms with Crippen LogP contribution in [0.25, 0.3) is 0 Å². The first-order valence-corrected chi connectivity index (χ1v) is 14.3. The number of carbonyl (C=O) groups excluding carboxylic acids is 1. The Kier molecular flexibility index (Phi) is 6.03. The molecule has 1 aromatic rings. The van der Waals surface area contributed by atoms with Crippen LogP contribution in [-0.2, 0) is 17.6 Å². The average Bonchev–Trinajstić information content (AvgIpc) is 2.92. The van der Waals surface area contributed by atoms with Gasteiger partial charge in [0.25, 0.3) is 0 Å². The summed E-state index contributed by atoms with van der Waals surface area (Å²) in [5.41, 5.74) is 4.32. The molecule has 5 aliphatic rings. The number of likely N-dealkylation sites (tertiary alicyclic amines) is 2. The molecule has 1 amide bonds. The van der Waals surface area contributed by atoms with Crippen LogP contribution in [0.5, 0.6) is 0 Å². The lowest BCUT2D eigenvalue weighted by Crippen LogP contribution is -2.53. The Hall–Kier alpha value is -1.42. The van der Waals surface area contributed by atoms with E-state index in [9.17, 15) is 4.79 Å². The first-order valence-electron chi connectivity index (χ1n) is 14.3. The van der Waals surface area contributed by atoms with Gasteiger partial charge in [-0.1, -0.05) is 19.9 Å². The fourth-order valence-electron chi connectivity index (χ4n) is 9.38. The third-order valence-electron chi connectivity index (χ3n) is 10.7. The molecule has 0 spiro atoms. The number of piperidine rings is 2. The largest absolute Gasteiger partial charge is 0.340 e. The van der Waals surface area contributed by atoms with E-state index in [0.29, 0.717) is 29.7 Å². The summed E-state index contributed by atoms with van der Waals surface area (Å²) >= 11 is 0. The lowest BCUT2D eigenvalue weighted by Gasteiger charge is -2.49. The van der Waals surface area contributed by atoms with Gasteiger partial charge < -0.3 is 9.80 Å². The first kappa shape index (κ1) is 23.0. The Labute approximate surface area is 206 Å². The molecular formula is C30H45N3O. The summed E-state index contributed by atoms with van der Waals surface area (Å²) in [6, 6.07) is 6.10. The zero-order valence-electron chi connectivity index (χ0n) is 21.9. The Balaban J connectivity index is 1.26. The minimum absolute atomic E-state index is 0.279. The normalized spacial score (nSPS) is 41.9. The molecule has 3 heterocycles. The lowest BCUT2D eigenvalue weighted by molar-refractivity contribution is -0.137. The SMILES string of the molecule is CC(=O)N1CCC[C@H]2[C@@H](Cc3ccc4c(n3)CC3C[C@@H](C)C[C@H]5[C@@H]3C[C@@H]4CN5C)C[C@H](C)C[C@H]21. The van der Waals surface area contributed by atoms with E-state index < -0.39 is 0 Å². The Bertz CT molecular complexity index is 930. The first-order chi connectivity index (χ1) is 16.4. The molecule has 1 aromatic heterocycles. The smallest absolute Gasteiger partial charge is 0.219 e. The van der Waals surface area contributed by atoms with Crippen LogP contribution in [0.15, 0.2) is 12.1 Å². The molecule has 2 saturated carbocycles. The van der Waals surface area contributed by atoms with Gasteiger partial charge in [-0.2, -0.15) is 0 Å². The molecule has 4 fully saturated rings. The van der Waals surface area contributed by atoms with Crippen molar-refractivity contribution in [2.45, 2.75) is 96.6 Å². The van der Waals surface area contributed by atoms with Crippen LogP contribution < -0.4 is 0 Å². The van der Waals surface area contributed by atoms with Gasteiger partial charge in [0.2, 0.25) is 5.91 Å². The van der Waals surface area contributed by atoms with Crippen molar-refractivity contribution >= 4 is 5.91 Å². The number of carbonyl (C=O) groups is 1. The highest BCUT2D eigenvalue weighted by atomic mass is 16.2. The van der Waals surface area contributed by atoms with Crippen molar-refractivity contribution in [3.8, 4) is 0 Å². The van der Waals surface area contributed by atoms with Crippen molar-refractivity contribution in [2.75, 3.05) is 20.1 Å². The van der Waals surface area contributed by atoms with Gasteiger partial charge >= 0.3 is 0 Å². The summed E-state index contributed by atoms with van der Waals surface area (Å²) in [7, 11) is 2.38. The summed E-state index contributed by atoms with van der Waals surface area (Å²) in [4.78, 5) is 22.7. The van der Waals surface area contributed by atoms with Crippen LogP contribution in [-0.4, -0.2) is 52.9 Å². The maximum absolute atomic E-state index is 12.4. The Morgan fingerprint density at radius 2 is 1.82 bits per heavy atom. The van der Waals surface area contributed by atoms with Crippen molar-refractivity contribution in [1.29, 1.82) is 0 Å². The van der Waals surface area contributed by atoms with E-state index in [1.54, 1.807) is 12.5 Å². The third kappa shape index (κ3) is 4.02. The number of rotatable bonds is 2. The molecule has 2 saturated heterocycles. The summed E-state index contributed by atoms with van der Waals surface area (Å²) in [5, 5.41) is 0. The third-order valence-corrected chi connectivity index (χ3v) is 10.7. The van der Waals surface area contributed by atoms with E-state index >= 15 is 0 Å². The summed E-state index contributed by atoms with van der Waals surface area (Å²) in [6.45, 7) is 8.82. The quantitative estimate of drug-likeness (QED) is 0.597. The summed E-state index contributed by atoms with van der Waals surface area (Å²) in [5.74, 6) is 5.47. The predicted octanol–water partition coefficient (Wildman–Crippen LogP) is 5.30. The maximum atomic E-state index is 12.4. The van der Waals surface area contributed by atoms with Gasteiger partial charge in [0.15, 0.2) is 0 Å². The number of amides is 1. The van der Waals surface area contributed by atoms with Crippen molar-refractivity contribution in [3.63, 3.8) is 0 Å². The van der Waals surface area contributed by atoms with Gasteiger partial charge in [0, 0.05) is 43.5 Å². The van der Waals surface area contributed by atoms with E-state index in [1.807, 2.05) is 0 Å². The molecule has 1 unspecified atom stereocenters. The number of nitrogens with zero attached hydrogens (tertiary/aromatic N) is 3. The number of fused-ring (bicyclic) bond motifs is 4. The fraction of sp³-hybridized carbons (Fsp3) is 0.800. The molecule has 34 heavy (non-hydrogen) atoms. The molecule has 186 valence electrons. The van der Waals surface area contributed by atoms with Crippen LogP contribution in [0.3, 0.4) is 0 Å². The molecule has 0 aromatic carbocycles. The molecule has 3 aliphatic carbocycles. The zero-order valence-corrected chi connectivity index (χ0v) is 21.9. The van der Waals surface area contributed by atoms with Crippen LogP contribution in [0, 0.1) is 35.5 Å². The minimum Gasteiger partial charge on any atom is -0.340 e. The highest BCUT2D eigenvalue weighted by Gasteiger charge is 2.46. The van der Waals surface area contributed by atoms with Crippen LogP contribution in [0.1, 0.15) is 88.6 Å². The summed E-state index contributed by atoms with van der Waals surface area (Å²) in [6.07, 6.45) is 11.4. The van der Waals surface area contributed by atoms with Crippen molar-refractivity contribution in [1.82, 2.24) is 14.8 Å². The monoisotopic (exact) mass is 463 g/mol. The Morgan fingerprint density at radius 3 is 2.65 bits per heavy atom. The second kappa shape index (κ2) is 8.91. The Morgan fingerprint density at radius 1 is 1.03 bits per heavy atom. The zero-order chi connectivity index (χ0) is 23.6. The predicted molar refractivity (Wildman–Crippen MR) is 137 cm³/mol. The van der Waals surface area contributed by atoms with Gasteiger partial charge in [-0.15, -0.1) is 0 Å². The second-order valence-electron chi connectivity index (χ2n) is 13.1. The number of aromatic nitrogens is 1. The fourth-order valence-corrected chi connectivity index (χ4v) is 9.38. The molecule has 9 atom stereocenters. The van der Waals surface area contributed by atoms with Crippen molar-refractivity contribution in [3.05, 3.63) is 29.1 Å². The molecule has 2 bridgehead atoms. The lowest BCUT2D eigenvalue weighted by atomic mass is 9.66. The highest BCUT2D eigenvalue weighted by molar-refractivity contribution is 5.73. The molecule has 2 aliphatic heterocycles. The standard InChI is InChI=1S/C30H45N3O/c1-18-11-22-16-28-25(23-15-27(22)29(12-18)32(4)17-23)8-7-24(31-28)14-21-10-19(2)13-30-26(21)6-5-9-33(30)20(3)34/h7-8,18-19,21-23,26-27,29-30H,5-6,9-17H2,1-4H3/t18-,19+,21-,22?,23-,26+,27-,29+,30-/m1/s1. The molecule has 0 radical (unpaired) electrons. The minimum atomic E-state index is 0.279. The molecular weight excluding hydrogens is 418 g/mol. The number of likely N-dealkylation sites (N-methyl/N-ethyl adjacent to an activating group) is 1. The van der Waals surface area contributed by atoms with E-state index in [4.69, 9.17) is 4.98 Å². The van der Waals surface area contributed by atoms with Crippen LogP contribution >= 0.6 is 0 Å². The molecule has 6 rings (SSSR count). The van der Waals surface area contributed by atoms with E-state index in [1.165, 1.54) is 69.3 Å². The molecule has 4 heteroatoms.